The lowest BCUT2D eigenvalue weighted by atomic mass is 9.90. The molecule has 3 rings (SSSR count). The molecular formula is C24H29NO3. The lowest BCUT2D eigenvalue weighted by molar-refractivity contribution is -0.135. The largest absolute Gasteiger partial charge is 0.452 e. The molecule has 0 spiro atoms. The normalized spacial score (nSPS) is 14.9. The summed E-state index contributed by atoms with van der Waals surface area (Å²) in [6, 6.07) is 17.9. The highest BCUT2D eigenvalue weighted by Crippen LogP contribution is 2.22. The molecule has 0 N–H and O–H groups in total. The van der Waals surface area contributed by atoms with E-state index in [0.29, 0.717) is 17.4 Å². The van der Waals surface area contributed by atoms with E-state index in [1.807, 2.05) is 23.1 Å². The molecule has 2 aromatic rings. The Morgan fingerprint density at radius 2 is 1.64 bits per heavy atom. The predicted molar refractivity (Wildman–Crippen MR) is 110 cm³/mol. The van der Waals surface area contributed by atoms with Gasteiger partial charge in [-0.25, -0.2) is 4.79 Å². The second kappa shape index (κ2) is 9.54. The molecular weight excluding hydrogens is 350 g/mol. The van der Waals surface area contributed by atoms with Gasteiger partial charge in [0.15, 0.2) is 6.61 Å². The zero-order valence-electron chi connectivity index (χ0n) is 16.8. The van der Waals surface area contributed by atoms with Gasteiger partial charge in [-0.3, -0.25) is 4.79 Å². The molecule has 1 amide bonds. The summed E-state index contributed by atoms with van der Waals surface area (Å²) in [7, 11) is 0. The van der Waals surface area contributed by atoms with Crippen molar-refractivity contribution in [3.8, 4) is 0 Å². The average Bonchev–Trinajstić information content (AvgIpc) is 2.73. The summed E-state index contributed by atoms with van der Waals surface area (Å²) in [6.07, 6.45) is 3.04. The molecule has 4 heteroatoms. The zero-order chi connectivity index (χ0) is 19.9. The maximum Gasteiger partial charge on any atom is 0.338 e. The van der Waals surface area contributed by atoms with Gasteiger partial charge in [-0.05, 0) is 54.4 Å². The van der Waals surface area contributed by atoms with E-state index >= 15 is 0 Å². The quantitative estimate of drug-likeness (QED) is 0.697. The van der Waals surface area contributed by atoms with E-state index < -0.39 is 5.97 Å². The lowest BCUT2D eigenvalue weighted by Crippen LogP contribution is -2.41. The van der Waals surface area contributed by atoms with E-state index in [0.717, 1.165) is 32.4 Å². The van der Waals surface area contributed by atoms with Crippen molar-refractivity contribution in [1.29, 1.82) is 0 Å². The lowest BCUT2D eigenvalue weighted by Gasteiger charge is -2.32. The van der Waals surface area contributed by atoms with Crippen LogP contribution in [0.25, 0.3) is 0 Å². The fourth-order valence-electron chi connectivity index (χ4n) is 3.64. The third-order valence-electron chi connectivity index (χ3n) is 5.47. The van der Waals surface area contributed by atoms with E-state index in [1.165, 1.54) is 11.1 Å². The van der Waals surface area contributed by atoms with Crippen molar-refractivity contribution in [2.24, 2.45) is 5.92 Å². The van der Waals surface area contributed by atoms with Gasteiger partial charge in [0.1, 0.15) is 0 Å². The van der Waals surface area contributed by atoms with E-state index in [2.05, 4.69) is 38.1 Å². The molecule has 148 valence electrons. The molecule has 0 atom stereocenters. The predicted octanol–water partition coefficient (Wildman–Crippen LogP) is 4.45. The first kappa shape index (κ1) is 20.1. The van der Waals surface area contributed by atoms with Crippen LogP contribution in [-0.2, 0) is 16.0 Å². The third kappa shape index (κ3) is 5.44. The van der Waals surface area contributed by atoms with Gasteiger partial charge in [-0.15, -0.1) is 0 Å². The molecule has 28 heavy (non-hydrogen) atoms. The number of carbonyl (C=O) groups is 2. The molecule has 0 aliphatic carbocycles. The summed E-state index contributed by atoms with van der Waals surface area (Å²) in [5.41, 5.74) is 3.01. The standard InChI is InChI=1S/C24H29NO3/c1-18(2)21-8-10-22(11-9-21)24(27)28-17-23(26)25-14-12-20(13-15-25)16-19-6-4-3-5-7-19/h3-11,18,20H,12-17H2,1-2H3. The number of amides is 1. The zero-order valence-corrected chi connectivity index (χ0v) is 16.8. The SMILES string of the molecule is CC(C)c1ccc(C(=O)OCC(=O)N2CCC(Cc3ccccc3)CC2)cc1. The van der Waals surface area contributed by atoms with Crippen LogP contribution in [0, 0.1) is 5.92 Å². The van der Waals surface area contributed by atoms with Crippen LogP contribution in [0.5, 0.6) is 0 Å². The summed E-state index contributed by atoms with van der Waals surface area (Å²) >= 11 is 0. The minimum Gasteiger partial charge on any atom is -0.452 e. The Morgan fingerprint density at radius 3 is 2.25 bits per heavy atom. The number of esters is 1. The van der Waals surface area contributed by atoms with Gasteiger partial charge in [0.25, 0.3) is 5.91 Å². The summed E-state index contributed by atoms with van der Waals surface area (Å²) in [4.78, 5) is 26.4. The van der Waals surface area contributed by atoms with Gasteiger partial charge in [0.2, 0.25) is 0 Å². The maximum atomic E-state index is 12.4. The maximum absolute atomic E-state index is 12.4. The second-order valence-corrected chi connectivity index (χ2v) is 7.87. The van der Waals surface area contributed by atoms with Crippen LogP contribution in [0.15, 0.2) is 54.6 Å². The highest BCUT2D eigenvalue weighted by Gasteiger charge is 2.23. The van der Waals surface area contributed by atoms with E-state index in [4.69, 9.17) is 4.74 Å². The number of likely N-dealkylation sites (tertiary alicyclic amines) is 1. The molecule has 0 aromatic heterocycles. The van der Waals surface area contributed by atoms with Crippen LogP contribution in [0.2, 0.25) is 0 Å². The number of piperidine rings is 1. The van der Waals surface area contributed by atoms with Gasteiger partial charge in [0.05, 0.1) is 5.56 Å². The molecule has 1 fully saturated rings. The van der Waals surface area contributed by atoms with Crippen molar-refractivity contribution in [3.05, 3.63) is 71.3 Å². The number of hydrogen-bond acceptors (Lipinski definition) is 3. The summed E-state index contributed by atoms with van der Waals surface area (Å²) in [5.74, 6) is 0.470. The van der Waals surface area contributed by atoms with Crippen LogP contribution >= 0.6 is 0 Å². The summed E-state index contributed by atoms with van der Waals surface area (Å²) in [5, 5.41) is 0. The first-order valence-electron chi connectivity index (χ1n) is 10.1. The Bertz CT molecular complexity index is 775. The van der Waals surface area contributed by atoms with E-state index in [1.54, 1.807) is 12.1 Å². The van der Waals surface area contributed by atoms with Crippen molar-refractivity contribution < 1.29 is 14.3 Å². The van der Waals surface area contributed by atoms with Gasteiger partial charge in [0, 0.05) is 13.1 Å². The molecule has 0 bridgehead atoms. The van der Waals surface area contributed by atoms with Crippen LogP contribution in [0.4, 0.5) is 0 Å². The Balaban J connectivity index is 1.42. The van der Waals surface area contributed by atoms with Crippen LogP contribution in [0.1, 0.15) is 54.1 Å². The van der Waals surface area contributed by atoms with Gasteiger partial charge < -0.3 is 9.64 Å². The monoisotopic (exact) mass is 379 g/mol. The minimum atomic E-state index is -0.442. The molecule has 1 aliphatic heterocycles. The van der Waals surface area contributed by atoms with Crippen molar-refractivity contribution in [3.63, 3.8) is 0 Å². The molecule has 1 aliphatic rings. The van der Waals surface area contributed by atoms with Gasteiger partial charge in [-0.2, -0.15) is 0 Å². The van der Waals surface area contributed by atoms with Crippen LogP contribution in [-0.4, -0.2) is 36.5 Å². The van der Waals surface area contributed by atoms with Crippen LogP contribution in [0.3, 0.4) is 0 Å². The number of nitrogens with zero attached hydrogens (tertiary/aromatic N) is 1. The molecule has 1 saturated heterocycles. The highest BCUT2D eigenvalue weighted by atomic mass is 16.5. The molecule has 4 nitrogen and oxygen atoms in total. The number of rotatable bonds is 6. The number of hydrogen-bond donors (Lipinski definition) is 0. The second-order valence-electron chi connectivity index (χ2n) is 7.87. The Hall–Kier alpha value is -2.62. The fourth-order valence-corrected chi connectivity index (χ4v) is 3.64. The Kier molecular flexibility index (Phi) is 6.85. The van der Waals surface area contributed by atoms with E-state index in [-0.39, 0.29) is 12.5 Å². The Labute approximate surface area is 167 Å². The van der Waals surface area contributed by atoms with Crippen LogP contribution < -0.4 is 0 Å². The van der Waals surface area contributed by atoms with E-state index in [9.17, 15) is 9.59 Å². The van der Waals surface area contributed by atoms with Crippen molar-refractivity contribution in [1.82, 2.24) is 4.90 Å². The smallest absolute Gasteiger partial charge is 0.338 e. The topological polar surface area (TPSA) is 46.6 Å². The molecule has 0 radical (unpaired) electrons. The first-order valence-corrected chi connectivity index (χ1v) is 10.1. The molecule has 2 aromatic carbocycles. The van der Waals surface area contributed by atoms with Crippen molar-refractivity contribution in [2.45, 2.75) is 39.0 Å². The summed E-state index contributed by atoms with van der Waals surface area (Å²) in [6.45, 7) is 5.49. The number of benzene rings is 2. The highest BCUT2D eigenvalue weighted by molar-refractivity contribution is 5.91. The molecule has 0 unspecified atom stereocenters. The van der Waals surface area contributed by atoms with Crippen molar-refractivity contribution in [2.75, 3.05) is 19.7 Å². The molecule has 0 saturated carbocycles. The Morgan fingerprint density at radius 1 is 1.00 bits per heavy atom. The molecule has 1 heterocycles. The van der Waals surface area contributed by atoms with Crippen molar-refractivity contribution >= 4 is 11.9 Å². The minimum absolute atomic E-state index is 0.106. The summed E-state index contributed by atoms with van der Waals surface area (Å²) < 4.78 is 5.24. The number of carbonyl (C=O) groups excluding carboxylic acids is 2. The fraction of sp³-hybridized carbons (Fsp3) is 0.417. The average molecular weight is 380 g/mol. The first-order chi connectivity index (χ1) is 13.5. The third-order valence-corrected chi connectivity index (χ3v) is 5.47. The van der Waals surface area contributed by atoms with Gasteiger partial charge >= 0.3 is 5.97 Å². The number of ether oxygens (including phenoxy) is 1. The van der Waals surface area contributed by atoms with Gasteiger partial charge in [-0.1, -0.05) is 56.3 Å².